The number of halogens is 1. The molecule has 0 unspecified atom stereocenters. The number of ether oxygens (including phenoxy) is 3. The number of fused-ring (bicyclic) bond motifs is 2. The van der Waals surface area contributed by atoms with Crippen LogP contribution in [0.2, 0.25) is 0 Å². The van der Waals surface area contributed by atoms with Gasteiger partial charge in [-0.2, -0.15) is 0 Å². The first kappa shape index (κ1) is 15.9. The second-order valence-corrected chi connectivity index (χ2v) is 7.38. The fourth-order valence-electron chi connectivity index (χ4n) is 4.53. The Bertz CT molecular complexity index is 817. The van der Waals surface area contributed by atoms with Gasteiger partial charge < -0.3 is 14.2 Å². The summed E-state index contributed by atoms with van der Waals surface area (Å²) in [6, 6.07) is 10.8. The molecule has 3 aliphatic rings. The van der Waals surface area contributed by atoms with Gasteiger partial charge in [0.1, 0.15) is 11.6 Å². The zero-order valence-electron chi connectivity index (χ0n) is 14.8. The van der Waals surface area contributed by atoms with Crippen LogP contribution >= 0.6 is 0 Å². The minimum atomic E-state index is -0.213. The Hall–Kier alpha value is -2.27. The van der Waals surface area contributed by atoms with Crippen molar-refractivity contribution < 1.29 is 18.6 Å². The van der Waals surface area contributed by atoms with E-state index < -0.39 is 0 Å². The molecular formula is C21H22FNO3. The van der Waals surface area contributed by atoms with Gasteiger partial charge in [-0.1, -0.05) is 19.1 Å². The maximum atomic E-state index is 13.5. The highest BCUT2D eigenvalue weighted by atomic mass is 19.1. The van der Waals surface area contributed by atoms with Gasteiger partial charge in [0.2, 0.25) is 6.79 Å². The number of benzene rings is 2. The second-order valence-electron chi connectivity index (χ2n) is 7.38. The summed E-state index contributed by atoms with van der Waals surface area (Å²) in [5.41, 5.74) is 2.19. The zero-order valence-corrected chi connectivity index (χ0v) is 14.8. The molecule has 2 aromatic carbocycles. The highest BCUT2D eigenvalue weighted by Gasteiger charge is 2.41. The van der Waals surface area contributed by atoms with Crippen LogP contribution in [0.5, 0.6) is 17.2 Å². The first-order chi connectivity index (χ1) is 12.7. The summed E-state index contributed by atoms with van der Waals surface area (Å²) < 4.78 is 31.0. The maximum Gasteiger partial charge on any atom is 0.231 e. The molecule has 0 N–H and O–H groups in total. The van der Waals surface area contributed by atoms with Crippen LogP contribution in [0.15, 0.2) is 36.4 Å². The molecule has 0 saturated carbocycles. The molecule has 3 atom stereocenters. The average Bonchev–Trinajstić information content (AvgIpc) is 3.32. The van der Waals surface area contributed by atoms with Crippen molar-refractivity contribution in [2.45, 2.75) is 31.9 Å². The normalized spacial score (nSPS) is 27.2. The topological polar surface area (TPSA) is 30.9 Å². The Labute approximate surface area is 152 Å². The lowest BCUT2D eigenvalue weighted by molar-refractivity contribution is -0.0178. The predicted molar refractivity (Wildman–Crippen MR) is 95.2 cm³/mol. The minimum Gasteiger partial charge on any atom is -0.474 e. The van der Waals surface area contributed by atoms with Crippen LogP contribution in [0.25, 0.3) is 0 Å². The quantitative estimate of drug-likeness (QED) is 0.810. The van der Waals surface area contributed by atoms with E-state index in [4.69, 9.17) is 14.2 Å². The predicted octanol–water partition coefficient (Wildman–Crippen LogP) is 4.14. The van der Waals surface area contributed by atoms with Gasteiger partial charge in [-0.25, -0.2) is 4.39 Å². The molecule has 1 saturated heterocycles. The fourth-order valence-corrected chi connectivity index (χ4v) is 4.53. The molecule has 3 aliphatic heterocycles. The zero-order chi connectivity index (χ0) is 17.7. The first-order valence-corrected chi connectivity index (χ1v) is 9.30. The van der Waals surface area contributed by atoms with E-state index in [1.54, 1.807) is 0 Å². The Morgan fingerprint density at radius 3 is 2.38 bits per heavy atom. The van der Waals surface area contributed by atoms with E-state index in [0.29, 0.717) is 0 Å². The van der Waals surface area contributed by atoms with Crippen LogP contribution in [0.1, 0.15) is 36.8 Å². The molecule has 136 valence electrons. The van der Waals surface area contributed by atoms with E-state index in [0.717, 1.165) is 41.5 Å². The van der Waals surface area contributed by atoms with E-state index in [9.17, 15) is 4.39 Å². The second kappa shape index (κ2) is 6.16. The summed E-state index contributed by atoms with van der Waals surface area (Å²) in [4.78, 5) is 2.43. The first-order valence-electron chi connectivity index (χ1n) is 9.30. The molecule has 4 nitrogen and oxygen atoms in total. The van der Waals surface area contributed by atoms with Crippen LogP contribution < -0.4 is 14.2 Å². The highest BCUT2D eigenvalue weighted by Crippen LogP contribution is 2.49. The average molecular weight is 355 g/mol. The Kier molecular flexibility index (Phi) is 3.78. The summed E-state index contributed by atoms with van der Waals surface area (Å²) in [7, 11) is 0. The Morgan fingerprint density at radius 1 is 0.962 bits per heavy atom. The lowest BCUT2D eigenvalue weighted by atomic mass is 9.78. The third kappa shape index (κ3) is 2.53. The van der Waals surface area contributed by atoms with Crippen molar-refractivity contribution in [1.29, 1.82) is 0 Å². The van der Waals surface area contributed by atoms with Gasteiger partial charge in [-0.3, -0.25) is 4.90 Å². The van der Waals surface area contributed by atoms with Gasteiger partial charge in [0.05, 0.1) is 0 Å². The van der Waals surface area contributed by atoms with Crippen molar-refractivity contribution in [1.82, 2.24) is 4.90 Å². The lowest BCUT2D eigenvalue weighted by Gasteiger charge is -2.42. The minimum absolute atomic E-state index is 0.0143. The van der Waals surface area contributed by atoms with Crippen molar-refractivity contribution in [2.75, 3.05) is 19.9 Å². The van der Waals surface area contributed by atoms with Crippen LogP contribution in [0, 0.1) is 11.7 Å². The number of rotatable bonds is 2. The molecule has 5 heteroatoms. The van der Waals surface area contributed by atoms with Crippen LogP contribution in [-0.2, 0) is 0 Å². The van der Waals surface area contributed by atoms with Gasteiger partial charge in [-0.05, 0) is 36.6 Å². The van der Waals surface area contributed by atoms with Gasteiger partial charge in [0.25, 0.3) is 0 Å². The lowest BCUT2D eigenvalue weighted by Crippen LogP contribution is -2.46. The van der Waals surface area contributed by atoms with Crippen molar-refractivity contribution >= 4 is 0 Å². The fraction of sp³-hybridized carbons (Fsp3) is 0.429. The summed E-state index contributed by atoms with van der Waals surface area (Å²) in [5.74, 6) is 2.49. The number of nitrogens with zero attached hydrogens (tertiary/aromatic N) is 1. The smallest absolute Gasteiger partial charge is 0.231 e. The van der Waals surface area contributed by atoms with Crippen molar-refractivity contribution in [3.63, 3.8) is 0 Å². The molecule has 0 radical (unpaired) electrons. The van der Waals surface area contributed by atoms with Crippen LogP contribution in [0.4, 0.5) is 4.39 Å². The summed E-state index contributed by atoms with van der Waals surface area (Å²) >= 11 is 0. The molecule has 1 fully saturated rings. The third-order valence-corrected chi connectivity index (χ3v) is 5.79. The maximum absolute atomic E-state index is 13.5. The van der Waals surface area contributed by atoms with E-state index in [1.165, 1.54) is 25.0 Å². The van der Waals surface area contributed by atoms with Crippen LogP contribution in [-0.4, -0.2) is 31.0 Å². The van der Waals surface area contributed by atoms with Crippen LogP contribution in [0.3, 0.4) is 0 Å². The summed E-state index contributed by atoms with van der Waals surface area (Å²) in [5, 5.41) is 0. The number of hydrogen-bond acceptors (Lipinski definition) is 4. The third-order valence-electron chi connectivity index (χ3n) is 5.79. The molecule has 0 amide bonds. The van der Waals surface area contributed by atoms with Crippen molar-refractivity contribution in [3.05, 3.63) is 53.3 Å². The summed E-state index contributed by atoms with van der Waals surface area (Å²) in [6.07, 6.45) is 2.43. The van der Waals surface area contributed by atoms with Gasteiger partial charge in [-0.15, -0.1) is 0 Å². The molecule has 0 aromatic heterocycles. The molecule has 0 aliphatic carbocycles. The van der Waals surface area contributed by atoms with E-state index in [2.05, 4.69) is 11.8 Å². The Morgan fingerprint density at radius 2 is 1.65 bits per heavy atom. The highest BCUT2D eigenvalue weighted by molar-refractivity contribution is 5.56. The largest absolute Gasteiger partial charge is 0.474 e. The molecule has 26 heavy (non-hydrogen) atoms. The monoisotopic (exact) mass is 355 g/mol. The van der Waals surface area contributed by atoms with Gasteiger partial charge in [0, 0.05) is 36.6 Å². The van der Waals surface area contributed by atoms with E-state index in [-0.39, 0.29) is 30.7 Å². The van der Waals surface area contributed by atoms with E-state index in [1.807, 2.05) is 24.3 Å². The molecule has 0 bridgehead atoms. The Balaban J connectivity index is 1.62. The standard InChI is InChI=1S/C21H22FNO3/c1-13-20(14-4-6-15(22)7-5-14)16-10-18-19(25-12-24-18)11-17(16)26-21(13)23-8-2-3-9-23/h4-7,10-11,13,20-21H,2-3,8-9,12H2,1H3/t13-,20+,21-/m0/s1. The van der Waals surface area contributed by atoms with Crippen molar-refractivity contribution in [2.24, 2.45) is 5.92 Å². The molecular weight excluding hydrogens is 333 g/mol. The molecule has 2 aromatic rings. The number of likely N-dealkylation sites (tertiary alicyclic amines) is 1. The molecule has 0 spiro atoms. The van der Waals surface area contributed by atoms with E-state index >= 15 is 0 Å². The van der Waals surface area contributed by atoms with Crippen molar-refractivity contribution in [3.8, 4) is 17.2 Å². The van der Waals surface area contributed by atoms with Gasteiger partial charge >= 0.3 is 0 Å². The molecule has 5 rings (SSSR count). The molecule has 3 heterocycles. The summed E-state index contributed by atoms with van der Waals surface area (Å²) in [6.45, 7) is 4.59. The van der Waals surface area contributed by atoms with Gasteiger partial charge in [0.15, 0.2) is 17.7 Å². The number of hydrogen-bond donors (Lipinski definition) is 0. The SMILES string of the molecule is C[C@H]1[C@H](c2ccc(F)cc2)c2cc3c(cc2O[C@@H]1N1CCCC1)OCO3.